The van der Waals surface area contributed by atoms with E-state index in [1.807, 2.05) is 37.3 Å². The fourth-order valence-corrected chi connectivity index (χ4v) is 4.68. The van der Waals surface area contributed by atoms with Gasteiger partial charge in [0.2, 0.25) is 0 Å². The number of rotatable bonds is 6. The van der Waals surface area contributed by atoms with Crippen molar-refractivity contribution in [2.24, 2.45) is 0 Å². The molecule has 0 aliphatic carbocycles. The van der Waals surface area contributed by atoms with Gasteiger partial charge in [-0.15, -0.1) is 0 Å². The van der Waals surface area contributed by atoms with Crippen LogP contribution in [0.4, 0.5) is 4.39 Å². The van der Waals surface area contributed by atoms with Gasteiger partial charge < -0.3 is 9.88 Å². The molecule has 0 aliphatic heterocycles. The van der Waals surface area contributed by atoms with Gasteiger partial charge in [0.1, 0.15) is 5.82 Å². The Morgan fingerprint density at radius 2 is 1.51 bits per heavy atom. The lowest BCUT2D eigenvalue weighted by atomic mass is 10.0. The molecule has 196 valence electrons. The number of carbonyl (C=O) groups is 1. The zero-order valence-electron chi connectivity index (χ0n) is 22.1. The first-order valence-corrected chi connectivity index (χ1v) is 12.6. The zero-order valence-corrected chi connectivity index (χ0v) is 22.1. The molecule has 1 aromatic heterocycles. The van der Waals surface area contributed by atoms with Gasteiger partial charge in [0.25, 0.3) is 5.91 Å². The highest BCUT2D eigenvalue weighted by molar-refractivity contribution is 5.99. The minimum Gasteiger partial charge on any atom is -0.348 e. The smallest absolute Gasteiger partial charge is 0.348 e. The minimum absolute atomic E-state index is 0.154. The zero-order chi connectivity index (χ0) is 27.9. The van der Waals surface area contributed by atoms with Crippen molar-refractivity contribution in [2.75, 3.05) is 0 Å². The molecule has 1 heterocycles. The number of carbonyl (C=O) groups excluding carboxylic acids is 3. The Bertz CT molecular complexity index is 1650. The van der Waals surface area contributed by atoms with E-state index in [4.69, 9.17) is 9.59 Å². The quantitative estimate of drug-likeness (QED) is 0.269. The van der Waals surface area contributed by atoms with E-state index in [1.54, 1.807) is 6.07 Å². The monoisotopic (exact) mass is 520 g/mol. The van der Waals surface area contributed by atoms with Crippen LogP contribution in [0.2, 0.25) is 0 Å². The number of amides is 1. The van der Waals surface area contributed by atoms with Gasteiger partial charge in [0, 0.05) is 40.8 Å². The van der Waals surface area contributed by atoms with Gasteiger partial charge in [0.15, 0.2) is 0 Å². The molecule has 0 radical (unpaired) electrons. The van der Waals surface area contributed by atoms with Crippen molar-refractivity contribution >= 4 is 23.0 Å². The van der Waals surface area contributed by atoms with Gasteiger partial charge in [0.05, 0.1) is 0 Å². The summed E-state index contributed by atoms with van der Waals surface area (Å²) in [7, 11) is 0. The van der Waals surface area contributed by atoms with Crippen molar-refractivity contribution in [2.45, 2.75) is 33.9 Å². The maximum atomic E-state index is 14.1. The molecule has 1 N–H and O–H groups in total. The van der Waals surface area contributed by atoms with Crippen LogP contribution in [0.1, 0.15) is 38.3 Å². The Balaban J connectivity index is 0.00000112. The Labute approximate surface area is 226 Å². The second-order valence-electron chi connectivity index (χ2n) is 9.45. The number of hydrogen-bond donors (Lipinski definition) is 1. The highest BCUT2D eigenvalue weighted by Crippen LogP contribution is 2.28. The summed E-state index contributed by atoms with van der Waals surface area (Å²) < 4.78 is 16.4. The molecule has 5 nitrogen and oxygen atoms in total. The Morgan fingerprint density at radius 3 is 2.18 bits per heavy atom. The second-order valence-corrected chi connectivity index (χ2v) is 9.45. The topological polar surface area (TPSA) is 68.2 Å². The number of nitrogens with one attached hydrogen (secondary N) is 1. The number of halogens is 1. The number of hydrogen-bond acceptors (Lipinski definition) is 3. The van der Waals surface area contributed by atoms with E-state index in [0.29, 0.717) is 11.1 Å². The van der Waals surface area contributed by atoms with Crippen LogP contribution < -0.4 is 5.32 Å². The van der Waals surface area contributed by atoms with Crippen LogP contribution in [0.25, 0.3) is 22.0 Å². The van der Waals surface area contributed by atoms with Crippen LogP contribution in [0.5, 0.6) is 0 Å². The molecule has 0 fully saturated rings. The summed E-state index contributed by atoms with van der Waals surface area (Å²) in [5.74, 6) is -0.510. The summed E-state index contributed by atoms with van der Waals surface area (Å²) in [6, 6.07) is 29.9. The van der Waals surface area contributed by atoms with Crippen LogP contribution in [-0.4, -0.2) is 16.6 Å². The average Bonchev–Trinajstić information content (AvgIpc) is 3.18. The van der Waals surface area contributed by atoms with E-state index < -0.39 is 0 Å². The van der Waals surface area contributed by atoms with Crippen LogP contribution in [0.15, 0.2) is 91.0 Å². The van der Waals surface area contributed by atoms with Crippen LogP contribution in [0, 0.1) is 26.6 Å². The predicted octanol–water partition coefficient (Wildman–Crippen LogP) is 6.77. The number of aryl methyl sites for hydroxylation is 2. The van der Waals surface area contributed by atoms with Crippen molar-refractivity contribution < 1.29 is 18.8 Å². The fraction of sp³-hybridized carbons (Fsp3) is 0.152. The molecule has 0 atom stereocenters. The maximum Gasteiger partial charge on any atom is 0.373 e. The molecule has 1 amide bonds. The van der Waals surface area contributed by atoms with E-state index in [0.717, 1.165) is 28.6 Å². The fourth-order valence-electron chi connectivity index (χ4n) is 4.68. The van der Waals surface area contributed by atoms with Crippen molar-refractivity contribution in [3.63, 3.8) is 0 Å². The molecule has 0 aliphatic rings. The highest BCUT2D eigenvalue weighted by atomic mass is 19.1. The van der Waals surface area contributed by atoms with Crippen molar-refractivity contribution in [3.8, 4) is 11.1 Å². The van der Waals surface area contributed by atoms with E-state index in [2.05, 4.69) is 72.3 Å². The molecule has 5 rings (SSSR count). The Morgan fingerprint density at radius 1 is 0.846 bits per heavy atom. The summed E-state index contributed by atoms with van der Waals surface area (Å²) in [4.78, 5) is 29.1. The van der Waals surface area contributed by atoms with Gasteiger partial charge in [-0.05, 0) is 72.9 Å². The third-order valence-corrected chi connectivity index (χ3v) is 6.95. The van der Waals surface area contributed by atoms with Crippen molar-refractivity contribution in [3.05, 3.63) is 130 Å². The second kappa shape index (κ2) is 12.2. The molecule has 0 spiro atoms. The SMILES string of the molecule is Cc1ccc(CNC(=O)c2ccc3c(c2)c(C)c(C)n3Cc2ccc(-c3ccccc3)cc2)c(F)c1.O=C=O. The normalized spacial score (nSPS) is 10.5. The maximum absolute atomic E-state index is 14.1. The molecule has 0 saturated carbocycles. The first-order valence-electron chi connectivity index (χ1n) is 12.6. The van der Waals surface area contributed by atoms with Crippen molar-refractivity contribution in [1.82, 2.24) is 9.88 Å². The van der Waals surface area contributed by atoms with E-state index in [-0.39, 0.29) is 24.4 Å². The van der Waals surface area contributed by atoms with Crippen molar-refractivity contribution in [1.29, 1.82) is 0 Å². The Hall–Kier alpha value is -4.80. The van der Waals surface area contributed by atoms with Gasteiger partial charge in [-0.1, -0.05) is 66.7 Å². The molecule has 0 saturated heterocycles. The minimum atomic E-state index is -0.300. The lowest BCUT2D eigenvalue weighted by Gasteiger charge is -2.11. The van der Waals surface area contributed by atoms with E-state index in [1.165, 1.54) is 28.5 Å². The van der Waals surface area contributed by atoms with Crippen LogP contribution >= 0.6 is 0 Å². The highest BCUT2D eigenvalue weighted by Gasteiger charge is 2.15. The number of aromatic nitrogens is 1. The molecule has 5 aromatic rings. The van der Waals surface area contributed by atoms with E-state index >= 15 is 0 Å². The summed E-state index contributed by atoms with van der Waals surface area (Å²) in [6.07, 6.45) is 0.250. The van der Waals surface area contributed by atoms with Gasteiger partial charge in [-0.3, -0.25) is 4.79 Å². The molecular weight excluding hydrogens is 491 g/mol. The molecule has 0 bridgehead atoms. The van der Waals surface area contributed by atoms with Gasteiger partial charge in [-0.2, -0.15) is 9.59 Å². The summed E-state index contributed by atoms with van der Waals surface area (Å²) in [5, 5.41) is 3.91. The summed E-state index contributed by atoms with van der Waals surface area (Å²) in [6.45, 7) is 6.96. The molecule has 0 unspecified atom stereocenters. The molecule has 39 heavy (non-hydrogen) atoms. The Kier molecular flexibility index (Phi) is 8.50. The van der Waals surface area contributed by atoms with Crippen LogP contribution in [-0.2, 0) is 22.7 Å². The summed E-state index contributed by atoms with van der Waals surface area (Å²) >= 11 is 0. The molecule has 6 heteroatoms. The first kappa shape index (κ1) is 27.2. The lowest BCUT2D eigenvalue weighted by molar-refractivity contribution is -0.191. The predicted molar refractivity (Wildman–Crippen MR) is 150 cm³/mol. The molecular formula is C33H29FN2O3. The third kappa shape index (κ3) is 6.20. The van der Waals surface area contributed by atoms with Crippen LogP contribution in [0.3, 0.4) is 0 Å². The van der Waals surface area contributed by atoms with Gasteiger partial charge in [-0.25, -0.2) is 4.39 Å². The van der Waals surface area contributed by atoms with Gasteiger partial charge >= 0.3 is 6.15 Å². The number of benzene rings is 4. The molecule has 4 aromatic carbocycles. The number of nitrogens with zero attached hydrogens (tertiary/aromatic N) is 1. The van der Waals surface area contributed by atoms with E-state index in [9.17, 15) is 9.18 Å². The third-order valence-electron chi connectivity index (χ3n) is 6.95. The first-order chi connectivity index (χ1) is 18.8. The average molecular weight is 521 g/mol. The number of fused-ring (bicyclic) bond motifs is 1. The standard InChI is InChI=1S/C32H29FN2O.CO2/c1-21-9-12-28(30(33)17-21)19-34-32(36)27-15-16-31-29(18-27)22(2)23(3)35(31)20-24-10-13-26(14-11-24)25-7-5-4-6-8-25;2-1-3/h4-18H,19-20H2,1-3H3,(H,34,36);. The lowest BCUT2D eigenvalue weighted by Crippen LogP contribution is -2.23. The summed E-state index contributed by atoms with van der Waals surface area (Å²) in [5.41, 5.74) is 8.96. The largest absolute Gasteiger partial charge is 0.373 e.